The van der Waals surface area contributed by atoms with Crippen LogP contribution in [0.4, 0.5) is 5.69 Å². The quantitative estimate of drug-likeness (QED) is 0.205. The van der Waals surface area contributed by atoms with Crippen LogP contribution in [0.3, 0.4) is 0 Å². The minimum Gasteiger partial charge on any atom is -0.506 e. The van der Waals surface area contributed by atoms with E-state index in [-0.39, 0.29) is 35.3 Å². The van der Waals surface area contributed by atoms with Gasteiger partial charge in [-0.3, -0.25) is 9.52 Å². The molecule has 0 aliphatic carbocycles. The van der Waals surface area contributed by atoms with Crippen LogP contribution in [-0.2, 0) is 27.7 Å². The van der Waals surface area contributed by atoms with Crippen molar-refractivity contribution in [2.75, 3.05) is 24.1 Å². The van der Waals surface area contributed by atoms with Gasteiger partial charge in [-0.25, -0.2) is 8.42 Å². The van der Waals surface area contributed by atoms with Crippen LogP contribution in [0.25, 0.3) is 0 Å². The van der Waals surface area contributed by atoms with E-state index in [1.165, 1.54) is 17.7 Å². The number of phenolic OH excluding ortho intramolecular Hbond substituents is 1. The van der Waals surface area contributed by atoms with Crippen molar-refractivity contribution >= 4 is 21.6 Å². The average Bonchev–Trinajstić information content (AvgIpc) is 2.87. The number of anilines is 1. The normalized spacial score (nSPS) is 13.5. The van der Waals surface area contributed by atoms with Crippen molar-refractivity contribution in [1.82, 2.24) is 10.6 Å². The molecule has 1 amide bonds. The first-order valence-electron chi connectivity index (χ1n) is 12.9. The van der Waals surface area contributed by atoms with Crippen LogP contribution in [0.15, 0.2) is 72.8 Å². The Bertz CT molecular complexity index is 1360. The Morgan fingerprint density at radius 1 is 0.923 bits per heavy atom. The highest BCUT2D eigenvalue weighted by Gasteiger charge is 2.21. The van der Waals surface area contributed by atoms with E-state index in [1.807, 2.05) is 56.3 Å². The van der Waals surface area contributed by atoms with Gasteiger partial charge in [-0.1, -0.05) is 67.6 Å². The van der Waals surface area contributed by atoms with Gasteiger partial charge >= 0.3 is 0 Å². The lowest BCUT2D eigenvalue weighted by Gasteiger charge is -2.28. The van der Waals surface area contributed by atoms with E-state index in [9.17, 15) is 23.4 Å². The number of hydrogen-bond acceptors (Lipinski definition) is 6. The lowest BCUT2D eigenvalue weighted by molar-refractivity contribution is -0.120. The molecule has 2 atom stereocenters. The fourth-order valence-corrected chi connectivity index (χ4v) is 4.93. The monoisotopic (exact) mass is 553 g/mol. The van der Waals surface area contributed by atoms with Crippen molar-refractivity contribution in [2.45, 2.75) is 51.2 Å². The summed E-state index contributed by atoms with van der Waals surface area (Å²) in [4.78, 5) is 12.6. The molecule has 0 heterocycles. The van der Waals surface area contributed by atoms with Gasteiger partial charge in [-0.05, 0) is 60.6 Å². The summed E-state index contributed by atoms with van der Waals surface area (Å²) in [6, 6.07) is 22.4. The summed E-state index contributed by atoms with van der Waals surface area (Å²) in [5.74, 6) is -0.00850. The number of benzene rings is 3. The fraction of sp³-hybridized carbons (Fsp3) is 0.367. The minimum absolute atomic E-state index is 0.0173. The molecule has 0 aromatic heterocycles. The van der Waals surface area contributed by atoms with Gasteiger partial charge in [-0.15, -0.1) is 0 Å². The molecule has 0 spiro atoms. The number of hydrogen-bond donors (Lipinski definition) is 5. The van der Waals surface area contributed by atoms with Crippen molar-refractivity contribution < 1.29 is 23.4 Å². The Morgan fingerprint density at radius 3 is 2.31 bits per heavy atom. The van der Waals surface area contributed by atoms with E-state index in [0.717, 1.165) is 17.4 Å². The summed E-state index contributed by atoms with van der Waals surface area (Å²) in [5.41, 5.74) is 3.30. The van der Waals surface area contributed by atoms with Crippen molar-refractivity contribution in [1.29, 1.82) is 0 Å². The van der Waals surface area contributed by atoms with E-state index in [4.69, 9.17) is 0 Å². The molecule has 0 saturated heterocycles. The number of aliphatic hydroxyl groups is 1. The van der Waals surface area contributed by atoms with Crippen molar-refractivity contribution in [3.05, 3.63) is 95.1 Å². The molecule has 0 aliphatic heterocycles. The Kier molecular flexibility index (Phi) is 10.1. The van der Waals surface area contributed by atoms with Crippen molar-refractivity contribution in [3.63, 3.8) is 0 Å². The molecule has 3 rings (SSSR count). The van der Waals surface area contributed by atoms with Gasteiger partial charge < -0.3 is 20.8 Å². The minimum atomic E-state index is -3.57. The second-order valence-corrected chi connectivity index (χ2v) is 12.5. The summed E-state index contributed by atoms with van der Waals surface area (Å²) in [6.45, 7) is 6.94. The third-order valence-electron chi connectivity index (χ3n) is 6.45. The van der Waals surface area contributed by atoms with Gasteiger partial charge in [-0.2, -0.15) is 0 Å². The number of aromatic hydroxyl groups is 1. The molecule has 0 aliphatic rings. The third kappa shape index (κ3) is 10.0. The number of sulfonamides is 1. The highest BCUT2D eigenvalue weighted by atomic mass is 32.2. The lowest BCUT2D eigenvalue weighted by Crippen LogP contribution is -2.43. The molecule has 0 fully saturated rings. The predicted molar refractivity (Wildman–Crippen MR) is 155 cm³/mol. The summed E-state index contributed by atoms with van der Waals surface area (Å²) >= 11 is 0. The maximum atomic E-state index is 12.6. The predicted octanol–water partition coefficient (Wildman–Crippen LogP) is 3.87. The number of nitrogens with one attached hydrogen (secondary N) is 3. The largest absolute Gasteiger partial charge is 0.506 e. The molecular weight excluding hydrogens is 514 g/mol. The zero-order valence-electron chi connectivity index (χ0n) is 22.9. The van der Waals surface area contributed by atoms with Crippen LogP contribution < -0.4 is 15.4 Å². The van der Waals surface area contributed by atoms with Gasteiger partial charge in [0.25, 0.3) is 0 Å². The maximum Gasteiger partial charge on any atom is 0.229 e. The fourth-order valence-electron chi connectivity index (χ4n) is 4.37. The standard InChI is InChI=1S/C30H39N3O5S/c1-21(24-11-6-5-7-12-24)19-31-29(36)16-22-9-8-10-23(15-22)18-30(2,3)32-20-28(35)25-13-14-27(34)26(17-25)33-39(4,37)38/h5-15,17,21,28,32-35H,16,18-20H2,1-4H3,(H,31,36)/t21?,28-/m1/s1. The second-order valence-electron chi connectivity index (χ2n) is 10.7. The van der Waals surface area contributed by atoms with Crippen molar-refractivity contribution in [3.8, 4) is 5.75 Å². The molecule has 0 saturated carbocycles. The Labute approximate surface area is 231 Å². The number of β-amino-alcohol motifs (C(OH)–C–C–N with tert-alkyl or cyclic N) is 1. The zero-order chi connectivity index (χ0) is 28.6. The first-order valence-corrected chi connectivity index (χ1v) is 14.8. The molecule has 8 nitrogen and oxygen atoms in total. The van der Waals surface area contributed by atoms with Gasteiger partial charge in [0.1, 0.15) is 5.75 Å². The lowest BCUT2D eigenvalue weighted by atomic mass is 9.93. The van der Waals surface area contributed by atoms with Crippen molar-refractivity contribution in [2.24, 2.45) is 0 Å². The van der Waals surface area contributed by atoms with Gasteiger partial charge in [0.15, 0.2) is 0 Å². The van der Waals surface area contributed by atoms with E-state index < -0.39 is 16.1 Å². The van der Waals surface area contributed by atoms with E-state index in [1.54, 1.807) is 6.07 Å². The summed E-state index contributed by atoms with van der Waals surface area (Å²) in [5, 5.41) is 27.0. The van der Waals surface area contributed by atoms with Crippen LogP contribution in [0.5, 0.6) is 5.75 Å². The first kappa shape index (κ1) is 30.1. The summed E-state index contributed by atoms with van der Waals surface area (Å²) in [6.07, 6.45) is 1.04. The van der Waals surface area contributed by atoms with Crippen LogP contribution >= 0.6 is 0 Å². The number of aliphatic hydroxyl groups excluding tert-OH is 1. The molecule has 3 aromatic rings. The SMILES string of the molecule is CC(CNC(=O)Cc1cccc(CC(C)(C)NC[C@@H](O)c2ccc(O)c(NS(C)(=O)=O)c2)c1)c1ccccc1. The number of phenols is 1. The zero-order valence-corrected chi connectivity index (χ0v) is 23.8. The summed E-state index contributed by atoms with van der Waals surface area (Å²) < 4.78 is 25.3. The second kappa shape index (κ2) is 13.1. The van der Waals surface area contributed by atoms with Crippen LogP contribution in [0.1, 0.15) is 55.0 Å². The molecule has 210 valence electrons. The Hall–Kier alpha value is -3.40. The Morgan fingerprint density at radius 2 is 1.62 bits per heavy atom. The Balaban J connectivity index is 1.53. The average molecular weight is 554 g/mol. The van der Waals surface area contributed by atoms with Gasteiger partial charge in [0, 0.05) is 18.6 Å². The smallest absolute Gasteiger partial charge is 0.229 e. The molecule has 5 N–H and O–H groups in total. The van der Waals surface area contributed by atoms with Gasteiger partial charge in [0.05, 0.1) is 24.5 Å². The molecule has 0 bridgehead atoms. The van der Waals surface area contributed by atoms with E-state index in [0.29, 0.717) is 24.9 Å². The van der Waals surface area contributed by atoms with Crippen LogP contribution in [-0.4, -0.2) is 49.4 Å². The van der Waals surface area contributed by atoms with Crippen LogP contribution in [0.2, 0.25) is 0 Å². The molecule has 1 unspecified atom stereocenters. The number of carbonyl (C=O) groups is 1. The summed E-state index contributed by atoms with van der Waals surface area (Å²) in [7, 11) is -3.57. The van der Waals surface area contributed by atoms with E-state index >= 15 is 0 Å². The van der Waals surface area contributed by atoms with Gasteiger partial charge in [0.2, 0.25) is 15.9 Å². The first-order chi connectivity index (χ1) is 18.3. The third-order valence-corrected chi connectivity index (χ3v) is 7.04. The van der Waals surface area contributed by atoms with E-state index in [2.05, 4.69) is 34.4 Å². The highest BCUT2D eigenvalue weighted by Crippen LogP contribution is 2.28. The molecule has 0 radical (unpaired) electrons. The molecule has 39 heavy (non-hydrogen) atoms. The molecule has 9 heteroatoms. The number of carbonyl (C=O) groups excluding carboxylic acids is 1. The molecule has 3 aromatic carbocycles. The highest BCUT2D eigenvalue weighted by molar-refractivity contribution is 7.92. The van der Waals surface area contributed by atoms with Crippen LogP contribution in [0, 0.1) is 0 Å². The maximum absolute atomic E-state index is 12.6. The molecular formula is C30H39N3O5S. The number of rotatable bonds is 13. The topological polar surface area (TPSA) is 128 Å². The number of amides is 1.